The standard InChI is InChI=1S/C20H19F3O3/c21-16-12-15(19(18(24)25)8-10-20(22,23)11-9-19)6-7-17(16)26-13-14-4-2-1-3-5-14/h1-7,12H,8-11,13H2,(H,24,25). The molecule has 0 aliphatic heterocycles. The highest BCUT2D eigenvalue weighted by Gasteiger charge is 2.49. The third-order valence-electron chi connectivity index (χ3n) is 4.97. The minimum absolute atomic E-state index is 0.000666. The van der Waals surface area contributed by atoms with E-state index >= 15 is 0 Å². The lowest BCUT2D eigenvalue weighted by Gasteiger charge is -2.37. The Morgan fingerprint density at radius 2 is 1.69 bits per heavy atom. The molecule has 1 fully saturated rings. The molecule has 138 valence electrons. The molecule has 1 saturated carbocycles. The van der Waals surface area contributed by atoms with Crippen LogP contribution in [0.15, 0.2) is 48.5 Å². The Balaban J connectivity index is 1.80. The highest BCUT2D eigenvalue weighted by molar-refractivity contribution is 5.81. The zero-order valence-electron chi connectivity index (χ0n) is 14.1. The Hall–Kier alpha value is -2.50. The van der Waals surface area contributed by atoms with E-state index in [-0.39, 0.29) is 30.8 Å². The van der Waals surface area contributed by atoms with Crippen molar-refractivity contribution in [2.45, 2.75) is 43.6 Å². The van der Waals surface area contributed by atoms with Gasteiger partial charge in [0.15, 0.2) is 11.6 Å². The summed E-state index contributed by atoms with van der Waals surface area (Å²) in [5.41, 5.74) is -0.418. The molecular weight excluding hydrogens is 345 g/mol. The average molecular weight is 364 g/mol. The van der Waals surface area contributed by atoms with Crippen LogP contribution in [-0.4, -0.2) is 17.0 Å². The van der Waals surface area contributed by atoms with Crippen molar-refractivity contribution in [3.8, 4) is 5.75 Å². The Kier molecular flexibility index (Phi) is 4.94. The monoisotopic (exact) mass is 364 g/mol. The maximum absolute atomic E-state index is 14.4. The van der Waals surface area contributed by atoms with Crippen LogP contribution in [0.1, 0.15) is 36.8 Å². The van der Waals surface area contributed by atoms with Crippen LogP contribution in [0, 0.1) is 5.82 Å². The number of benzene rings is 2. The molecular formula is C20H19F3O3. The molecule has 26 heavy (non-hydrogen) atoms. The van der Waals surface area contributed by atoms with Crippen LogP contribution in [0.4, 0.5) is 13.2 Å². The van der Waals surface area contributed by atoms with Crippen LogP contribution in [0.25, 0.3) is 0 Å². The molecule has 2 aromatic rings. The first-order valence-electron chi connectivity index (χ1n) is 8.40. The van der Waals surface area contributed by atoms with Crippen LogP contribution in [0.2, 0.25) is 0 Å². The van der Waals surface area contributed by atoms with Gasteiger partial charge in [-0.05, 0) is 36.1 Å². The van der Waals surface area contributed by atoms with Crippen molar-refractivity contribution >= 4 is 5.97 Å². The lowest BCUT2D eigenvalue weighted by Crippen LogP contribution is -2.42. The second kappa shape index (κ2) is 7.02. The maximum Gasteiger partial charge on any atom is 0.314 e. The third kappa shape index (κ3) is 3.69. The summed E-state index contributed by atoms with van der Waals surface area (Å²) in [5, 5.41) is 9.63. The Morgan fingerprint density at radius 1 is 1.04 bits per heavy atom. The van der Waals surface area contributed by atoms with E-state index in [0.717, 1.165) is 11.6 Å². The average Bonchev–Trinajstić information content (AvgIpc) is 2.61. The topological polar surface area (TPSA) is 46.5 Å². The largest absolute Gasteiger partial charge is 0.486 e. The van der Waals surface area contributed by atoms with Crippen molar-refractivity contribution in [3.63, 3.8) is 0 Å². The van der Waals surface area contributed by atoms with E-state index in [1.54, 1.807) is 0 Å². The van der Waals surface area contributed by atoms with Crippen LogP contribution in [0.5, 0.6) is 5.75 Å². The number of carbonyl (C=O) groups is 1. The molecule has 0 aromatic heterocycles. The molecule has 1 aliphatic carbocycles. The second-order valence-electron chi connectivity index (χ2n) is 6.66. The molecule has 0 radical (unpaired) electrons. The molecule has 0 unspecified atom stereocenters. The van der Waals surface area contributed by atoms with Gasteiger partial charge < -0.3 is 9.84 Å². The Morgan fingerprint density at radius 3 is 2.27 bits per heavy atom. The van der Waals surface area contributed by atoms with Crippen LogP contribution in [-0.2, 0) is 16.8 Å². The van der Waals surface area contributed by atoms with E-state index in [1.807, 2.05) is 30.3 Å². The van der Waals surface area contributed by atoms with E-state index in [1.165, 1.54) is 12.1 Å². The number of alkyl halides is 2. The van der Waals surface area contributed by atoms with E-state index in [2.05, 4.69) is 0 Å². The number of hydrogen-bond acceptors (Lipinski definition) is 2. The first kappa shape index (κ1) is 18.3. The first-order chi connectivity index (χ1) is 12.3. The fraction of sp³-hybridized carbons (Fsp3) is 0.350. The lowest BCUT2D eigenvalue weighted by atomic mass is 9.68. The third-order valence-corrected chi connectivity index (χ3v) is 4.97. The summed E-state index contributed by atoms with van der Waals surface area (Å²) in [6.45, 7) is 0.174. The van der Waals surface area contributed by atoms with Gasteiger partial charge in [-0.1, -0.05) is 36.4 Å². The van der Waals surface area contributed by atoms with Gasteiger partial charge in [0, 0.05) is 12.8 Å². The zero-order chi connectivity index (χ0) is 18.8. The molecule has 1 N–H and O–H groups in total. The summed E-state index contributed by atoms with van der Waals surface area (Å²) in [5.74, 6) is -4.77. The van der Waals surface area contributed by atoms with Gasteiger partial charge in [0.1, 0.15) is 6.61 Å². The van der Waals surface area contributed by atoms with Gasteiger partial charge in [-0.25, -0.2) is 13.2 Å². The normalized spacial score (nSPS) is 18.3. The fourth-order valence-electron chi connectivity index (χ4n) is 3.32. The van der Waals surface area contributed by atoms with Gasteiger partial charge >= 0.3 is 5.97 Å². The lowest BCUT2D eigenvalue weighted by molar-refractivity contribution is -0.149. The predicted octanol–water partition coefficient (Wildman–Crippen LogP) is 4.94. The van der Waals surface area contributed by atoms with Gasteiger partial charge in [-0.3, -0.25) is 4.79 Å². The van der Waals surface area contributed by atoms with Gasteiger partial charge in [-0.2, -0.15) is 0 Å². The quantitative estimate of drug-likeness (QED) is 0.818. The van der Waals surface area contributed by atoms with Gasteiger partial charge in [-0.15, -0.1) is 0 Å². The summed E-state index contributed by atoms with van der Waals surface area (Å²) >= 11 is 0. The van der Waals surface area contributed by atoms with Crippen molar-refractivity contribution in [2.75, 3.05) is 0 Å². The molecule has 0 atom stereocenters. The molecule has 0 heterocycles. The van der Waals surface area contributed by atoms with E-state index in [0.29, 0.717) is 0 Å². The van der Waals surface area contributed by atoms with E-state index in [4.69, 9.17) is 4.74 Å². The van der Waals surface area contributed by atoms with E-state index in [9.17, 15) is 23.1 Å². The number of halogens is 3. The molecule has 0 amide bonds. The summed E-state index contributed by atoms with van der Waals surface area (Å²) in [6, 6.07) is 13.1. The molecule has 1 aliphatic rings. The predicted molar refractivity (Wildman–Crippen MR) is 89.9 cm³/mol. The fourth-order valence-corrected chi connectivity index (χ4v) is 3.32. The number of hydrogen-bond donors (Lipinski definition) is 1. The van der Waals surface area contributed by atoms with Gasteiger partial charge in [0.2, 0.25) is 5.92 Å². The molecule has 3 nitrogen and oxygen atoms in total. The van der Waals surface area contributed by atoms with Crippen molar-refractivity contribution in [3.05, 3.63) is 65.5 Å². The molecule has 3 rings (SSSR count). The Labute approximate surface area is 149 Å². The van der Waals surface area contributed by atoms with Crippen molar-refractivity contribution in [1.29, 1.82) is 0 Å². The molecule has 6 heteroatoms. The minimum Gasteiger partial charge on any atom is -0.486 e. The SMILES string of the molecule is O=C(O)C1(c2ccc(OCc3ccccc3)c(F)c2)CCC(F)(F)CC1. The van der Waals surface area contributed by atoms with Crippen LogP contribution >= 0.6 is 0 Å². The summed E-state index contributed by atoms with van der Waals surface area (Å²) < 4.78 is 46.8. The number of aliphatic carboxylic acids is 1. The zero-order valence-corrected chi connectivity index (χ0v) is 14.1. The summed E-state index contributed by atoms with van der Waals surface area (Å²) in [6.07, 6.45) is -1.49. The Bertz CT molecular complexity index is 780. The van der Waals surface area contributed by atoms with Crippen molar-refractivity contribution < 1.29 is 27.8 Å². The van der Waals surface area contributed by atoms with Gasteiger partial charge in [0.25, 0.3) is 0 Å². The molecule has 2 aromatic carbocycles. The number of rotatable bonds is 5. The highest BCUT2D eigenvalue weighted by atomic mass is 19.3. The highest BCUT2D eigenvalue weighted by Crippen LogP contribution is 2.46. The number of carboxylic acids is 1. The van der Waals surface area contributed by atoms with Crippen molar-refractivity contribution in [1.82, 2.24) is 0 Å². The number of ether oxygens (including phenoxy) is 1. The van der Waals surface area contributed by atoms with Crippen molar-refractivity contribution in [2.24, 2.45) is 0 Å². The molecule has 0 spiro atoms. The maximum atomic E-state index is 14.4. The summed E-state index contributed by atoms with van der Waals surface area (Å²) in [7, 11) is 0. The first-order valence-corrected chi connectivity index (χ1v) is 8.40. The molecule has 0 saturated heterocycles. The van der Waals surface area contributed by atoms with Crippen LogP contribution < -0.4 is 4.74 Å². The second-order valence-corrected chi connectivity index (χ2v) is 6.66. The van der Waals surface area contributed by atoms with Crippen LogP contribution in [0.3, 0.4) is 0 Å². The van der Waals surface area contributed by atoms with E-state index < -0.39 is 36.0 Å². The van der Waals surface area contributed by atoms with Gasteiger partial charge in [0.05, 0.1) is 5.41 Å². The minimum atomic E-state index is -2.86. The smallest absolute Gasteiger partial charge is 0.314 e. The number of carboxylic acid groups (broad SMARTS) is 1. The summed E-state index contributed by atoms with van der Waals surface area (Å²) in [4.78, 5) is 11.8. The molecule has 0 bridgehead atoms.